The maximum absolute atomic E-state index is 12.9. The molecule has 0 aliphatic heterocycles. The van der Waals surface area contributed by atoms with Gasteiger partial charge in [0.2, 0.25) is 5.82 Å². The lowest BCUT2D eigenvalue weighted by Gasteiger charge is -2.13. The molecule has 0 unspecified atom stereocenters. The zero-order valence-corrected chi connectivity index (χ0v) is 18.2. The van der Waals surface area contributed by atoms with Crippen LogP contribution < -0.4 is 20.1 Å². The van der Waals surface area contributed by atoms with E-state index in [2.05, 4.69) is 20.6 Å². The lowest BCUT2D eigenvalue weighted by Crippen LogP contribution is -2.25. The molecule has 7 nitrogen and oxygen atoms in total. The highest BCUT2D eigenvalue weighted by Crippen LogP contribution is 2.26. The van der Waals surface area contributed by atoms with Gasteiger partial charge in [0, 0.05) is 29.2 Å². The highest BCUT2D eigenvalue weighted by Gasteiger charge is 2.15. The molecule has 0 bridgehead atoms. The average Bonchev–Trinajstić information content (AvgIpc) is 2.82. The number of ether oxygens (including phenoxy) is 2. The van der Waals surface area contributed by atoms with Gasteiger partial charge in [-0.3, -0.25) is 4.79 Å². The van der Waals surface area contributed by atoms with Crippen LogP contribution in [0.2, 0.25) is 0 Å². The van der Waals surface area contributed by atoms with E-state index in [1.807, 2.05) is 67.6 Å². The fourth-order valence-corrected chi connectivity index (χ4v) is 3.39. The third kappa shape index (κ3) is 4.62. The third-order valence-electron chi connectivity index (χ3n) is 5.02. The van der Waals surface area contributed by atoms with Crippen molar-refractivity contribution >= 4 is 28.3 Å². The lowest BCUT2D eigenvalue weighted by molar-refractivity contribution is 0.0940. The van der Waals surface area contributed by atoms with E-state index >= 15 is 0 Å². The highest BCUT2D eigenvalue weighted by atomic mass is 16.5. The number of carbonyl (C=O) groups excluding carboxylic acids is 1. The number of fused-ring (bicyclic) bond motifs is 1. The number of aryl methyl sites for hydroxylation is 1. The van der Waals surface area contributed by atoms with Gasteiger partial charge in [0.25, 0.3) is 5.91 Å². The molecule has 4 rings (SSSR count). The molecule has 0 fully saturated rings. The van der Waals surface area contributed by atoms with Crippen molar-refractivity contribution in [1.82, 2.24) is 15.3 Å². The maximum atomic E-state index is 12.9. The Morgan fingerprint density at radius 2 is 1.78 bits per heavy atom. The summed E-state index contributed by atoms with van der Waals surface area (Å²) < 4.78 is 10.6. The van der Waals surface area contributed by atoms with Gasteiger partial charge in [0.05, 0.1) is 19.7 Å². The van der Waals surface area contributed by atoms with E-state index in [4.69, 9.17) is 9.47 Å². The van der Waals surface area contributed by atoms with E-state index in [1.54, 1.807) is 20.3 Å². The van der Waals surface area contributed by atoms with Crippen LogP contribution in [0.5, 0.6) is 11.5 Å². The SMILES string of the molecule is COc1ccc(CNC(=O)c2nc(Nc3cccc(C)c3)c3ccccc3n2)c(OC)c1. The number of carbonyl (C=O) groups is 1. The van der Waals surface area contributed by atoms with Crippen molar-refractivity contribution in [3.63, 3.8) is 0 Å². The van der Waals surface area contributed by atoms with Gasteiger partial charge in [-0.1, -0.05) is 24.3 Å². The van der Waals surface area contributed by atoms with Crippen molar-refractivity contribution in [2.75, 3.05) is 19.5 Å². The first-order chi connectivity index (χ1) is 15.6. The van der Waals surface area contributed by atoms with E-state index in [0.717, 1.165) is 22.2 Å². The summed E-state index contributed by atoms with van der Waals surface area (Å²) in [4.78, 5) is 21.9. The van der Waals surface area contributed by atoms with E-state index in [0.29, 0.717) is 22.8 Å². The first kappa shape index (κ1) is 21.1. The van der Waals surface area contributed by atoms with E-state index in [1.165, 1.54) is 0 Å². The number of nitrogens with zero attached hydrogens (tertiary/aromatic N) is 2. The molecule has 0 spiro atoms. The minimum atomic E-state index is -0.374. The fraction of sp³-hybridized carbons (Fsp3) is 0.160. The van der Waals surface area contributed by atoms with Crippen LogP contribution in [0.4, 0.5) is 11.5 Å². The number of hydrogen-bond donors (Lipinski definition) is 2. The monoisotopic (exact) mass is 428 g/mol. The minimum Gasteiger partial charge on any atom is -0.497 e. The number of benzene rings is 3. The molecule has 32 heavy (non-hydrogen) atoms. The Morgan fingerprint density at radius 3 is 2.56 bits per heavy atom. The lowest BCUT2D eigenvalue weighted by atomic mass is 10.2. The molecule has 0 aliphatic carbocycles. The van der Waals surface area contributed by atoms with Gasteiger partial charge in [-0.25, -0.2) is 9.97 Å². The summed E-state index contributed by atoms with van der Waals surface area (Å²) in [5.74, 6) is 1.60. The smallest absolute Gasteiger partial charge is 0.289 e. The predicted molar refractivity (Wildman–Crippen MR) is 125 cm³/mol. The molecule has 4 aromatic rings. The van der Waals surface area contributed by atoms with Crippen LogP contribution in [0, 0.1) is 6.92 Å². The number of rotatable bonds is 7. The second-order valence-electron chi connectivity index (χ2n) is 7.27. The number of para-hydroxylation sites is 1. The molecule has 2 N–H and O–H groups in total. The molecular weight excluding hydrogens is 404 g/mol. The molecule has 3 aromatic carbocycles. The molecular formula is C25H24N4O3. The fourth-order valence-electron chi connectivity index (χ4n) is 3.39. The van der Waals surface area contributed by atoms with E-state index in [-0.39, 0.29) is 18.3 Å². The number of amides is 1. The first-order valence-electron chi connectivity index (χ1n) is 10.2. The Kier molecular flexibility index (Phi) is 6.17. The van der Waals surface area contributed by atoms with Crippen LogP contribution in [0.3, 0.4) is 0 Å². The molecule has 162 valence electrons. The highest BCUT2D eigenvalue weighted by molar-refractivity contribution is 5.97. The van der Waals surface area contributed by atoms with Crippen LogP contribution >= 0.6 is 0 Å². The number of nitrogens with one attached hydrogen (secondary N) is 2. The molecule has 1 heterocycles. The Balaban J connectivity index is 1.60. The summed E-state index contributed by atoms with van der Waals surface area (Å²) in [6.07, 6.45) is 0. The van der Waals surface area contributed by atoms with Gasteiger partial charge in [0.1, 0.15) is 17.3 Å². The van der Waals surface area contributed by atoms with Gasteiger partial charge < -0.3 is 20.1 Å². The second-order valence-corrected chi connectivity index (χ2v) is 7.27. The Morgan fingerprint density at radius 1 is 0.938 bits per heavy atom. The van der Waals surface area contributed by atoms with E-state index < -0.39 is 0 Å². The summed E-state index contributed by atoms with van der Waals surface area (Å²) in [5.41, 5.74) is 3.52. The van der Waals surface area contributed by atoms with Crippen LogP contribution in [-0.4, -0.2) is 30.1 Å². The van der Waals surface area contributed by atoms with Crippen LogP contribution in [0.15, 0.2) is 66.7 Å². The van der Waals surface area contributed by atoms with Crippen molar-refractivity contribution in [3.05, 3.63) is 83.7 Å². The summed E-state index contributed by atoms with van der Waals surface area (Å²) in [6.45, 7) is 2.29. The summed E-state index contributed by atoms with van der Waals surface area (Å²) in [5, 5.41) is 7.04. The van der Waals surface area contributed by atoms with Gasteiger partial charge >= 0.3 is 0 Å². The third-order valence-corrected chi connectivity index (χ3v) is 5.02. The number of aromatic nitrogens is 2. The van der Waals surface area contributed by atoms with Gasteiger partial charge in [0.15, 0.2) is 0 Å². The Bertz CT molecular complexity index is 1270. The first-order valence-corrected chi connectivity index (χ1v) is 10.2. The van der Waals surface area contributed by atoms with Crippen LogP contribution in [0.1, 0.15) is 21.7 Å². The Hall–Kier alpha value is -4.13. The minimum absolute atomic E-state index is 0.0892. The molecule has 7 heteroatoms. The predicted octanol–water partition coefficient (Wildman–Crippen LogP) is 4.63. The summed E-state index contributed by atoms with van der Waals surface area (Å²) in [7, 11) is 3.17. The largest absolute Gasteiger partial charge is 0.497 e. The molecule has 0 saturated heterocycles. The van der Waals surface area contributed by atoms with Crippen LogP contribution in [-0.2, 0) is 6.54 Å². The van der Waals surface area contributed by atoms with Crippen molar-refractivity contribution < 1.29 is 14.3 Å². The zero-order valence-electron chi connectivity index (χ0n) is 18.2. The molecule has 0 radical (unpaired) electrons. The van der Waals surface area contributed by atoms with E-state index in [9.17, 15) is 4.79 Å². The molecule has 0 aliphatic rings. The normalized spacial score (nSPS) is 10.6. The number of methoxy groups -OCH3 is 2. The molecule has 0 saturated carbocycles. The van der Waals surface area contributed by atoms with Gasteiger partial charge in [-0.15, -0.1) is 0 Å². The van der Waals surface area contributed by atoms with Gasteiger partial charge in [-0.05, 0) is 48.9 Å². The van der Waals surface area contributed by atoms with Crippen molar-refractivity contribution in [1.29, 1.82) is 0 Å². The standard InChI is InChI=1S/C25H24N4O3/c1-16-7-6-8-18(13-16)27-23-20-9-4-5-10-21(20)28-24(29-23)25(30)26-15-17-11-12-19(31-2)14-22(17)32-3/h4-14H,15H2,1-3H3,(H,26,30)(H,27,28,29). The molecule has 1 amide bonds. The molecule has 0 atom stereocenters. The summed E-state index contributed by atoms with van der Waals surface area (Å²) >= 11 is 0. The molecule has 1 aromatic heterocycles. The summed E-state index contributed by atoms with van der Waals surface area (Å²) in [6, 6.07) is 21.0. The second kappa shape index (κ2) is 9.34. The van der Waals surface area contributed by atoms with Crippen LogP contribution in [0.25, 0.3) is 10.9 Å². The average molecular weight is 428 g/mol. The van der Waals surface area contributed by atoms with Crippen molar-refractivity contribution in [3.8, 4) is 11.5 Å². The van der Waals surface area contributed by atoms with Crippen molar-refractivity contribution in [2.24, 2.45) is 0 Å². The zero-order chi connectivity index (χ0) is 22.5. The maximum Gasteiger partial charge on any atom is 0.289 e. The quantitative estimate of drug-likeness (QED) is 0.446. The van der Waals surface area contributed by atoms with Crippen molar-refractivity contribution in [2.45, 2.75) is 13.5 Å². The number of hydrogen-bond acceptors (Lipinski definition) is 6. The Labute approximate surface area is 186 Å². The van der Waals surface area contributed by atoms with Gasteiger partial charge in [-0.2, -0.15) is 0 Å². The topological polar surface area (TPSA) is 85.4 Å². The number of anilines is 2.